The minimum Gasteiger partial charge on any atom is -0.376 e. The van der Waals surface area contributed by atoms with Crippen LogP contribution in [0.15, 0.2) is 11.6 Å². The first-order valence-electron chi connectivity index (χ1n) is 4.91. The Bertz CT molecular complexity index is 245. The van der Waals surface area contributed by atoms with Gasteiger partial charge in [0, 0.05) is 12.7 Å². The summed E-state index contributed by atoms with van der Waals surface area (Å²) in [7, 11) is 0. The molecule has 0 aliphatic carbocycles. The van der Waals surface area contributed by atoms with Crippen molar-refractivity contribution in [3.63, 3.8) is 0 Å². The van der Waals surface area contributed by atoms with Crippen LogP contribution in [-0.4, -0.2) is 13.2 Å². The maximum Gasteiger partial charge on any atom is 0.0979 e. The lowest BCUT2D eigenvalue weighted by Gasteiger charge is -2.01. The Kier molecular flexibility index (Phi) is 8.84. The highest BCUT2D eigenvalue weighted by Crippen LogP contribution is 2.00. The van der Waals surface area contributed by atoms with Gasteiger partial charge in [-0.25, -0.2) is 0 Å². The summed E-state index contributed by atoms with van der Waals surface area (Å²) < 4.78 is 5.24. The number of ether oxygens (including phenoxy) is 1. The number of rotatable bonds is 7. The van der Waals surface area contributed by atoms with E-state index < -0.39 is 0 Å². The molecule has 0 saturated heterocycles. The SMILES string of the molecule is CCCCCCOC/C(C#N)=C/C#N. The van der Waals surface area contributed by atoms with Gasteiger partial charge < -0.3 is 4.74 Å². The maximum absolute atomic E-state index is 8.55. The molecule has 0 bridgehead atoms. The van der Waals surface area contributed by atoms with E-state index >= 15 is 0 Å². The minimum absolute atomic E-state index is 0.260. The standard InChI is InChI=1S/C11H16N2O/c1-2-3-4-5-8-14-10-11(9-13)6-7-12/h6H,2-5,8,10H2,1H3/b11-6+. The van der Waals surface area contributed by atoms with Gasteiger partial charge in [0.15, 0.2) is 0 Å². The second-order valence-corrected chi connectivity index (χ2v) is 3.02. The molecule has 3 heteroatoms. The van der Waals surface area contributed by atoms with Crippen LogP contribution in [0.5, 0.6) is 0 Å². The first-order chi connectivity index (χ1) is 6.85. The monoisotopic (exact) mass is 192 g/mol. The first kappa shape index (κ1) is 12.7. The summed E-state index contributed by atoms with van der Waals surface area (Å²) in [5.41, 5.74) is 0.392. The molecule has 14 heavy (non-hydrogen) atoms. The summed E-state index contributed by atoms with van der Waals surface area (Å²) in [5.74, 6) is 0. The second-order valence-electron chi connectivity index (χ2n) is 3.02. The zero-order valence-electron chi connectivity index (χ0n) is 8.62. The van der Waals surface area contributed by atoms with Crippen LogP contribution in [0.2, 0.25) is 0 Å². The van der Waals surface area contributed by atoms with Gasteiger partial charge in [-0.1, -0.05) is 26.2 Å². The highest BCUT2D eigenvalue weighted by Gasteiger charge is 1.95. The van der Waals surface area contributed by atoms with E-state index in [-0.39, 0.29) is 6.61 Å². The van der Waals surface area contributed by atoms with E-state index in [0.717, 1.165) is 6.42 Å². The van der Waals surface area contributed by atoms with Crippen molar-refractivity contribution in [3.8, 4) is 12.1 Å². The molecule has 0 aromatic heterocycles. The zero-order chi connectivity index (χ0) is 10.6. The van der Waals surface area contributed by atoms with E-state index in [0.29, 0.717) is 12.2 Å². The molecule has 0 atom stereocenters. The molecule has 0 rings (SSSR count). The Morgan fingerprint density at radius 3 is 2.64 bits per heavy atom. The average Bonchev–Trinajstić information content (AvgIpc) is 2.21. The van der Waals surface area contributed by atoms with Crippen LogP contribution in [0, 0.1) is 22.7 Å². The molecule has 0 unspecified atom stereocenters. The second kappa shape index (κ2) is 9.77. The molecule has 0 N–H and O–H groups in total. The summed E-state index contributed by atoms with van der Waals surface area (Å²) in [6.45, 7) is 3.09. The van der Waals surface area contributed by atoms with Crippen molar-refractivity contribution in [2.24, 2.45) is 0 Å². The summed E-state index contributed by atoms with van der Waals surface area (Å²) in [5, 5.41) is 16.9. The van der Waals surface area contributed by atoms with Crippen molar-refractivity contribution in [1.82, 2.24) is 0 Å². The van der Waals surface area contributed by atoms with E-state index in [4.69, 9.17) is 15.3 Å². The number of unbranched alkanes of at least 4 members (excludes halogenated alkanes) is 3. The summed E-state index contributed by atoms with van der Waals surface area (Å²) in [6.07, 6.45) is 5.85. The first-order valence-corrected chi connectivity index (χ1v) is 4.91. The molecule has 0 radical (unpaired) electrons. The molecule has 0 aliphatic heterocycles. The van der Waals surface area contributed by atoms with Gasteiger partial charge in [0.1, 0.15) is 0 Å². The predicted octanol–water partition coefficient (Wildman–Crippen LogP) is 2.56. The lowest BCUT2D eigenvalue weighted by molar-refractivity contribution is 0.153. The van der Waals surface area contributed by atoms with E-state index in [9.17, 15) is 0 Å². The smallest absolute Gasteiger partial charge is 0.0979 e. The molecular formula is C11H16N2O. The van der Waals surface area contributed by atoms with Crippen molar-refractivity contribution in [3.05, 3.63) is 11.6 Å². The number of nitrogens with zero attached hydrogens (tertiary/aromatic N) is 2. The highest BCUT2D eigenvalue weighted by atomic mass is 16.5. The number of allylic oxidation sites excluding steroid dienone is 1. The van der Waals surface area contributed by atoms with Crippen LogP contribution in [-0.2, 0) is 4.74 Å². The Balaban J connectivity index is 3.41. The van der Waals surface area contributed by atoms with E-state index in [1.807, 2.05) is 12.1 Å². The zero-order valence-corrected chi connectivity index (χ0v) is 8.62. The van der Waals surface area contributed by atoms with Crippen LogP contribution in [0.25, 0.3) is 0 Å². The molecule has 0 heterocycles. The molecule has 0 aromatic rings. The maximum atomic E-state index is 8.55. The molecule has 0 fully saturated rings. The third-order valence-electron chi connectivity index (χ3n) is 1.78. The molecule has 0 saturated carbocycles. The van der Waals surface area contributed by atoms with Crippen LogP contribution < -0.4 is 0 Å². The van der Waals surface area contributed by atoms with Crippen molar-refractivity contribution < 1.29 is 4.74 Å². The van der Waals surface area contributed by atoms with Crippen molar-refractivity contribution in [2.75, 3.05) is 13.2 Å². The lowest BCUT2D eigenvalue weighted by Crippen LogP contribution is -1.98. The minimum atomic E-state index is 0.260. The summed E-state index contributed by atoms with van der Waals surface area (Å²) in [6, 6.07) is 3.73. The largest absolute Gasteiger partial charge is 0.376 e. The van der Waals surface area contributed by atoms with Gasteiger partial charge in [0.05, 0.1) is 24.3 Å². The van der Waals surface area contributed by atoms with Gasteiger partial charge in [-0.05, 0) is 6.42 Å². The normalized spacial score (nSPS) is 10.6. The van der Waals surface area contributed by atoms with Crippen LogP contribution >= 0.6 is 0 Å². The van der Waals surface area contributed by atoms with Crippen molar-refractivity contribution in [2.45, 2.75) is 32.6 Å². The van der Waals surface area contributed by atoms with Crippen LogP contribution in [0.4, 0.5) is 0 Å². The Labute approximate surface area is 85.6 Å². The number of nitriles is 2. The van der Waals surface area contributed by atoms with Gasteiger partial charge in [0.2, 0.25) is 0 Å². The molecule has 0 spiro atoms. The number of hydrogen-bond donors (Lipinski definition) is 0. The summed E-state index contributed by atoms with van der Waals surface area (Å²) >= 11 is 0. The number of hydrogen-bond acceptors (Lipinski definition) is 3. The van der Waals surface area contributed by atoms with Crippen molar-refractivity contribution >= 4 is 0 Å². The van der Waals surface area contributed by atoms with E-state index in [1.54, 1.807) is 0 Å². The fourth-order valence-corrected chi connectivity index (χ4v) is 0.997. The highest BCUT2D eigenvalue weighted by molar-refractivity contribution is 5.26. The average molecular weight is 192 g/mol. The predicted molar refractivity (Wildman–Crippen MR) is 54.3 cm³/mol. The van der Waals surface area contributed by atoms with Gasteiger partial charge in [-0.15, -0.1) is 0 Å². The third-order valence-corrected chi connectivity index (χ3v) is 1.78. The molecule has 76 valence electrons. The molecule has 0 aliphatic rings. The van der Waals surface area contributed by atoms with Crippen molar-refractivity contribution in [1.29, 1.82) is 10.5 Å². The topological polar surface area (TPSA) is 56.8 Å². The fraction of sp³-hybridized carbons (Fsp3) is 0.636. The third kappa shape index (κ3) is 7.34. The quantitative estimate of drug-likeness (QED) is 0.460. The molecule has 0 aromatic carbocycles. The Hall–Kier alpha value is -1.32. The van der Waals surface area contributed by atoms with E-state index in [2.05, 4.69) is 6.92 Å². The van der Waals surface area contributed by atoms with Crippen LogP contribution in [0.1, 0.15) is 32.6 Å². The van der Waals surface area contributed by atoms with Gasteiger partial charge >= 0.3 is 0 Å². The summed E-state index contributed by atoms with van der Waals surface area (Å²) in [4.78, 5) is 0. The van der Waals surface area contributed by atoms with Crippen LogP contribution in [0.3, 0.4) is 0 Å². The van der Waals surface area contributed by atoms with E-state index in [1.165, 1.54) is 25.3 Å². The lowest BCUT2D eigenvalue weighted by atomic mass is 10.2. The molecule has 3 nitrogen and oxygen atoms in total. The molecule has 0 amide bonds. The van der Waals surface area contributed by atoms with Gasteiger partial charge in [0.25, 0.3) is 0 Å². The van der Waals surface area contributed by atoms with Gasteiger partial charge in [-0.3, -0.25) is 0 Å². The Morgan fingerprint density at radius 1 is 1.29 bits per heavy atom. The fourth-order valence-electron chi connectivity index (χ4n) is 0.997. The molecular weight excluding hydrogens is 176 g/mol. The van der Waals surface area contributed by atoms with Gasteiger partial charge in [-0.2, -0.15) is 10.5 Å². The Morgan fingerprint density at radius 2 is 2.07 bits per heavy atom.